The molecular weight excluding hydrogens is 272 g/mol. The van der Waals surface area contributed by atoms with E-state index >= 15 is 0 Å². The summed E-state index contributed by atoms with van der Waals surface area (Å²) in [5.41, 5.74) is 0. The van der Waals surface area contributed by atoms with E-state index in [9.17, 15) is 9.59 Å². The molecule has 2 amide bonds. The highest BCUT2D eigenvalue weighted by Gasteiger charge is 2.25. The van der Waals surface area contributed by atoms with Gasteiger partial charge in [0.05, 0.1) is 19.1 Å². The number of unbranched alkanes of at least 4 members (excludes halogenated alkanes) is 1. The number of hydrogen-bond acceptors (Lipinski definition) is 3. The Bertz CT molecular complexity index is 328. The third kappa shape index (κ3) is 6.33. The number of piperidine rings is 1. The minimum atomic E-state index is -0.836. The summed E-state index contributed by atoms with van der Waals surface area (Å²) in [6, 6.07) is 0.120. The van der Waals surface area contributed by atoms with Crippen LogP contribution >= 0.6 is 0 Å². The number of nitrogens with zero attached hydrogens (tertiary/aromatic N) is 2. The maximum Gasteiger partial charge on any atom is 0.319 e. The van der Waals surface area contributed by atoms with Crippen LogP contribution in [0, 0.1) is 0 Å². The Morgan fingerprint density at radius 3 is 2.48 bits per heavy atom. The van der Waals surface area contributed by atoms with Crippen LogP contribution in [0.2, 0.25) is 0 Å². The highest BCUT2D eigenvalue weighted by atomic mass is 16.5. The molecule has 0 aromatic heterocycles. The lowest BCUT2D eigenvalue weighted by Crippen LogP contribution is -2.48. The number of carboxylic acids is 1. The van der Waals surface area contributed by atoms with Crippen LogP contribution in [0.25, 0.3) is 0 Å². The predicted molar refractivity (Wildman–Crippen MR) is 80.4 cm³/mol. The molecule has 0 aliphatic carbocycles. The molecule has 1 saturated heterocycles. The Morgan fingerprint density at radius 2 is 1.95 bits per heavy atom. The molecule has 1 heterocycles. The Hall–Kier alpha value is -1.30. The molecule has 0 aromatic carbocycles. The fourth-order valence-corrected chi connectivity index (χ4v) is 2.46. The smallest absolute Gasteiger partial charge is 0.319 e. The van der Waals surface area contributed by atoms with E-state index in [-0.39, 0.29) is 25.2 Å². The van der Waals surface area contributed by atoms with Crippen molar-refractivity contribution >= 4 is 12.0 Å². The first kappa shape index (κ1) is 17.8. The summed E-state index contributed by atoms with van der Waals surface area (Å²) < 4.78 is 5.54. The van der Waals surface area contributed by atoms with Crippen molar-refractivity contribution in [1.82, 2.24) is 9.80 Å². The number of urea groups is 1. The van der Waals surface area contributed by atoms with Gasteiger partial charge in [-0.1, -0.05) is 13.3 Å². The van der Waals surface area contributed by atoms with E-state index in [2.05, 4.69) is 6.92 Å². The number of ether oxygens (including phenoxy) is 1. The van der Waals surface area contributed by atoms with E-state index in [0.717, 1.165) is 38.8 Å². The van der Waals surface area contributed by atoms with Gasteiger partial charge in [-0.15, -0.1) is 0 Å². The van der Waals surface area contributed by atoms with Crippen molar-refractivity contribution in [2.75, 3.05) is 32.8 Å². The van der Waals surface area contributed by atoms with Crippen molar-refractivity contribution in [1.29, 1.82) is 0 Å². The molecule has 0 aromatic rings. The summed E-state index contributed by atoms with van der Waals surface area (Å²) >= 11 is 0. The quantitative estimate of drug-likeness (QED) is 0.746. The van der Waals surface area contributed by atoms with Gasteiger partial charge in [-0.3, -0.25) is 4.79 Å². The van der Waals surface area contributed by atoms with Crippen molar-refractivity contribution < 1.29 is 19.4 Å². The first-order chi connectivity index (χ1) is 10.1. The zero-order valence-corrected chi connectivity index (χ0v) is 13.2. The van der Waals surface area contributed by atoms with Crippen LogP contribution in [-0.4, -0.2) is 65.8 Å². The summed E-state index contributed by atoms with van der Waals surface area (Å²) in [5.74, 6) is -0.836. The molecule has 0 spiro atoms. The molecule has 0 unspecified atom stereocenters. The number of aliphatic carboxylic acids is 1. The second kappa shape index (κ2) is 9.60. The lowest BCUT2D eigenvalue weighted by Gasteiger charge is -2.35. The van der Waals surface area contributed by atoms with Crippen LogP contribution in [0.3, 0.4) is 0 Å². The van der Waals surface area contributed by atoms with Gasteiger partial charge in [0.1, 0.15) is 0 Å². The molecule has 0 saturated carbocycles. The van der Waals surface area contributed by atoms with E-state index in [1.54, 1.807) is 0 Å². The lowest BCUT2D eigenvalue weighted by molar-refractivity contribution is -0.138. The van der Waals surface area contributed by atoms with Crippen LogP contribution < -0.4 is 0 Å². The lowest BCUT2D eigenvalue weighted by atomic mass is 10.1. The number of carbonyl (C=O) groups is 2. The molecule has 1 aliphatic rings. The van der Waals surface area contributed by atoms with Crippen molar-refractivity contribution in [3.05, 3.63) is 0 Å². The zero-order chi connectivity index (χ0) is 15.7. The van der Waals surface area contributed by atoms with Gasteiger partial charge in [0.15, 0.2) is 0 Å². The Labute approximate surface area is 127 Å². The standard InChI is InChI=1S/C15H28N2O4/c1-3-5-9-16(4-2)15(20)17-10-6-13(7-11-17)21-12-8-14(18)19/h13H,3-12H2,1-2H3,(H,18,19). The molecule has 6 nitrogen and oxygen atoms in total. The van der Waals surface area contributed by atoms with Gasteiger partial charge in [0, 0.05) is 26.2 Å². The molecule has 1 rings (SSSR count). The number of carboxylic acid groups (broad SMARTS) is 1. The van der Waals surface area contributed by atoms with E-state index in [4.69, 9.17) is 9.84 Å². The van der Waals surface area contributed by atoms with Gasteiger partial charge in [0.2, 0.25) is 0 Å². The summed E-state index contributed by atoms with van der Waals surface area (Å²) in [6.07, 6.45) is 3.82. The minimum Gasteiger partial charge on any atom is -0.481 e. The summed E-state index contributed by atoms with van der Waals surface area (Å²) in [6.45, 7) is 7.34. The number of amides is 2. The maximum atomic E-state index is 12.4. The maximum absolute atomic E-state index is 12.4. The molecule has 1 fully saturated rings. The Balaban J connectivity index is 2.30. The van der Waals surface area contributed by atoms with E-state index in [1.807, 2.05) is 16.7 Å². The molecule has 0 atom stereocenters. The fraction of sp³-hybridized carbons (Fsp3) is 0.867. The van der Waals surface area contributed by atoms with E-state index in [1.165, 1.54) is 0 Å². The second-order valence-electron chi connectivity index (χ2n) is 5.42. The third-order valence-corrected chi connectivity index (χ3v) is 3.82. The molecule has 0 bridgehead atoms. The largest absolute Gasteiger partial charge is 0.481 e. The third-order valence-electron chi connectivity index (χ3n) is 3.82. The van der Waals surface area contributed by atoms with E-state index in [0.29, 0.717) is 13.1 Å². The van der Waals surface area contributed by atoms with Crippen LogP contribution in [-0.2, 0) is 9.53 Å². The van der Waals surface area contributed by atoms with Crippen molar-refractivity contribution in [3.8, 4) is 0 Å². The normalized spacial score (nSPS) is 16.0. The number of likely N-dealkylation sites (tertiary alicyclic amines) is 1. The second-order valence-corrected chi connectivity index (χ2v) is 5.42. The van der Waals surface area contributed by atoms with Gasteiger partial charge < -0.3 is 19.6 Å². The first-order valence-corrected chi connectivity index (χ1v) is 7.95. The fourth-order valence-electron chi connectivity index (χ4n) is 2.46. The van der Waals surface area contributed by atoms with Crippen molar-refractivity contribution in [2.45, 2.75) is 52.1 Å². The summed E-state index contributed by atoms with van der Waals surface area (Å²) in [4.78, 5) is 26.6. The topological polar surface area (TPSA) is 70.1 Å². The molecule has 1 N–H and O–H groups in total. The number of hydrogen-bond donors (Lipinski definition) is 1. The molecule has 6 heteroatoms. The Morgan fingerprint density at radius 1 is 1.29 bits per heavy atom. The van der Waals surface area contributed by atoms with Crippen molar-refractivity contribution in [3.63, 3.8) is 0 Å². The van der Waals surface area contributed by atoms with Crippen LogP contribution in [0.5, 0.6) is 0 Å². The van der Waals surface area contributed by atoms with E-state index < -0.39 is 5.97 Å². The van der Waals surface area contributed by atoms with Crippen LogP contribution in [0.4, 0.5) is 4.79 Å². The monoisotopic (exact) mass is 300 g/mol. The molecular formula is C15H28N2O4. The van der Waals surface area contributed by atoms with Crippen molar-refractivity contribution in [2.24, 2.45) is 0 Å². The summed E-state index contributed by atoms with van der Waals surface area (Å²) in [7, 11) is 0. The van der Waals surface area contributed by atoms with Gasteiger partial charge in [-0.2, -0.15) is 0 Å². The van der Waals surface area contributed by atoms with Gasteiger partial charge in [0.25, 0.3) is 0 Å². The average Bonchev–Trinajstić information content (AvgIpc) is 2.48. The highest BCUT2D eigenvalue weighted by molar-refractivity contribution is 5.74. The highest BCUT2D eigenvalue weighted by Crippen LogP contribution is 2.16. The van der Waals surface area contributed by atoms with Gasteiger partial charge >= 0.3 is 12.0 Å². The average molecular weight is 300 g/mol. The van der Waals surface area contributed by atoms with Gasteiger partial charge in [-0.05, 0) is 26.2 Å². The number of carbonyl (C=O) groups excluding carboxylic acids is 1. The molecule has 21 heavy (non-hydrogen) atoms. The predicted octanol–water partition coefficient (Wildman–Crippen LogP) is 2.18. The van der Waals surface area contributed by atoms with Crippen LogP contribution in [0.15, 0.2) is 0 Å². The SMILES string of the molecule is CCCCN(CC)C(=O)N1CCC(OCCC(=O)O)CC1. The zero-order valence-electron chi connectivity index (χ0n) is 13.2. The number of rotatable bonds is 8. The molecule has 0 radical (unpaired) electrons. The molecule has 122 valence electrons. The molecule has 1 aliphatic heterocycles. The van der Waals surface area contributed by atoms with Gasteiger partial charge in [-0.25, -0.2) is 4.79 Å². The summed E-state index contributed by atoms with van der Waals surface area (Å²) in [5, 5.41) is 8.58. The first-order valence-electron chi connectivity index (χ1n) is 7.95. The van der Waals surface area contributed by atoms with Crippen LogP contribution in [0.1, 0.15) is 46.0 Å². The minimum absolute atomic E-state index is 0.0414. The Kier molecular flexibility index (Phi) is 8.12.